The first-order valence-corrected chi connectivity index (χ1v) is 9.70. The van der Waals surface area contributed by atoms with Crippen molar-refractivity contribution in [2.75, 3.05) is 17.6 Å². The molecule has 0 spiro atoms. The van der Waals surface area contributed by atoms with Crippen molar-refractivity contribution in [2.45, 2.75) is 16.7 Å². The lowest BCUT2D eigenvalue weighted by molar-refractivity contribution is 0.577. The van der Waals surface area contributed by atoms with E-state index in [-0.39, 0.29) is 21.2 Å². The highest BCUT2D eigenvalue weighted by molar-refractivity contribution is 8.04. The third kappa shape index (κ3) is 4.01. The molecule has 0 amide bonds. The second-order valence-electron chi connectivity index (χ2n) is 4.69. The summed E-state index contributed by atoms with van der Waals surface area (Å²) in [6.07, 6.45) is 0. The molecule has 0 unspecified atom stereocenters. The van der Waals surface area contributed by atoms with Gasteiger partial charge in [-0.15, -0.1) is 4.13 Å². The van der Waals surface area contributed by atoms with Crippen LogP contribution in [0.25, 0.3) is 0 Å². The number of sulfonamides is 2. The van der Waals surface area contributed by atoms with E-state index in [1.54, 1.807) is 17.1 Å². The molecule has 0 atom stereocenters. The van der Waals surface area contributed by atoms with E-state index in [9.17, 15) is 16.8 Å². The summed E-state index contributed by atoms with van der Waals surface area (Å²) in [5.41, 5.74) is 6.11. The van der Waals surface area contributed by atoms with Crippen LogP contribution in [-0.2, 0) is 20.0 Å². The molecule has 23 heavy (non-hydrogen) atoms. The van der Waals surface area contributed by atoms with Crippen molar-refractivity contribution in [3.8, 4) is 0 Å². The maximum atomic E-state index is 12.5. The van der Waals surface area contributed by atoms with Crippen molar-refractivity contribution in [1.29, 1.82) is 0 Å². The Labute approximate surface area is 135 Å². The highest BCUT2D eigenvalue weighted by Crippen LogP contribution is 2.25. The summed E-state index contributed by atoms with van der Waals surface area (Å²) in [6.45, 7) is 2.26. The lowest BCUT2D eigenvalue weighted by Crippen LogP contribution is -2.31. The Hall–Kier alpha value is -2.10. The molecule has 7 nitrogen and oxygen atoms in total. The van der Waals surface area contributed by atoms with Gasteiger partial charge in [0.2, 0.25) is 0 Å². The first-order valence-electron chi connectivity index (χ1n) is 6.73. The number of nitrogens with two attached hydrogens (primary N) is 1. The van der Waals surface area contributed by atoms with Crippen LogP contribution in [-0.4, -0.2) is 23.4 Å². The number of nitrogen functional groups attached to an aromatic ring is 1. The number of benzene rings is 2. The Balaban J connectivity index is 2.46. The summed E-state index contributed by atoms with van der Waals surface area (Å²) in [5, 5.41) is 2.87. The quantitative estimate of drug-likeness (QED) is 0.674. The SMILES string of the molecule is CCNc1ccc(N)cc1S(=O)(=O)NS(=O)(=O)c1ccccc1. The molecule has 0 heterocycles. The van der Waals surface area contributed by atoms with E-state index in [0.717, 1.165) is 0 Å². The molecule has 0 fully saturated rings. The highest BCUT2D eigenvalue weighted by Gasteiger charge is 2.26. The van der Waals surface area contributed by atoms with Crippen LogP contribution in [0.1, 0.15) is 6.92 Å². The third-order valence-electron chi connectivity index (χ3n) is 2.94. The molecule has 0 saturated heterocycles. The summed E-state index contributed by atoms with van der Waals surface area (Å²) in [4.78, 5) is -0.365. The van der Waals surface area contributed by atoms with Crippen molar-refractivity contribution in [3.05, 3.63) is 48.5 Å². The molecule has 124 valence electrons. The molecule has 0 radical (unpaired) electrons. The average molecular weight is 355 g/mol. The van der Waals surface area contributed by atoms with E-state index in [1.807, 2.05) is 0 Å². The van der Waals surface area contributed by atoms with E-state index in [0.29, 0.717) is 6.54 Å². The number of anilines is 2. The number of rotatable bonds is 6. The van der Waals surface area contributed by atoms with Crippen LogP contribution in [0.5, 0.6) is 0 Å². The molecule has 2 aromatic rings. The first kappa shape index (κ1) is 17.3. The molecule has 2 rings (SSSR count). The molecule has 0 aliphatic rings. The van der Waals surface area contributed by atoms with Crippen LogP contribution in [0, 0.1) is 0 Å². The minimum Gasteiger partial charge on any atom is -0.399 e. The summed E-state index contributed by atoms with van der Waals surface area (Å²) in [5.74, 6) is 0. The van der Waals surface area contributed by atoms with Crippen molar-refractivity contribution < 1.29 is 16.8 Å². The van der Waals surface area contributed by atoms with E-state index in [1.165, 1.54) is 42.5 Å². The fraction of sp³-hybridized carbons (Fsp3) is 0.143. The smallest absolute Gasteiger partial charge is 0.255 e. The zero-order chi connectivity index (χ0) is 17.1. The number of hydrogen-bond donors (Lipinski definition) is 3. The molecule has 0 aromatic heterocycles. The third-order valence-corrected chi connectivity index (χ3v) is 6.50. The van der Waals surface area contributed by atoms with Crippen molar-refractivity contribution in [2.24, 2.45) is 0 Å². The van der Waals surface area contributed by atoms with Gasteiger partial charge in [0, 0.05) is 12.2 Å². The molecule has 0 aliphatic carbocycles. The zero-order valence-corrected chi connectivity index (χ0v) is 14.0. The first-order chi connectivity index (χ1) is 10.8. The van der Waals surface area contributed by atoms with Gasteiger partial charge in [0.15, 0.2) is 0 Å². The Morgan fingerprint density at radius 1 is 0.957 bits per heavy atom. The largest absolute Gasteiger partial charge is 0.399 e. The van der Waals surface area contributed by atoms with E-state index in [2.05, 4.69) is 5.32 Å². The lowest BCUT2D eigenvalue weighted by atomic mass is 10.3. The minimum atomic E-state index is -4.32. The standard InChI is InChI=1S/C14H17N3O4S2/c1-2-16-13-9-8-11(15)10-14(13)23(20,21)17-22(18,19)12-6-4-3-5-7-12/h3-10,16-17H,2,15H2,1H3. The predicted octanol–water partition coefficient (Wildman–Crippen LogP) is 1.37. The Morgan fingerprint density at radius 3 is 2.22 bits per heavy atom. The van der Waals surface area contributed by atoms with Crippen LogP contribution in [0.4, 0.5) is 11.4 Å². The van der Waals surface area contributed by atoms with E-state index >= 15 is 0 Å². The maximum absolute atomic E-state index is 12.5. The normalized spacial score (nSPS) is 12.0. The molecule has 9 heteroatoms. The average Bonchev–Trinajstić information content (AvgIpc) is 2.49. The summed E-state index contributed by atoms with van der Waals surface area (Å²) in [7, 11) is -8.54. The van der Waals surface area contributed by atoms with Gasteiger partial charge in [-0.3, -0.25) is 0 Å². The van der Waals surface area contributed by atoms with Crippen LogP contribution in [0.2, 0.25) is 0 Å². The van der Waals surface area contributed by atoms with Gasteiger partial charge in [0.25, 0.3) is 20.0 Å². The Bertz CT molecular complexity index is 895. The topological polar surface area (TPSA) is 118 Å². The molecular weight excluding hydrogens is 338 g/mol. The predicted molar refractivity (Wildman–Crippen MR) is 89.0 cm³/mol. The summed E-state index contributed by atoms with van der Waals surface area (Å²) < 4.78 is 51.2. The fourth-order valence-electron chi connectivity index (χ4n) is 1.93. The van der Waals surface area contributed by atoms with Gasteiger partial charge in [-0.2, -0.15) is 0 Å². The molecule has 0 aliphatic heterocycles. The van der Waals surface area contributed by atoms with E-state index < -0.39 is 20.0 Å². The molecular formula is C14H17N3O4S2. The minimum absolute atomic E-state index is 0.141. The Kier molecular flexibility index (Phi) is 4.93. The van der Waals surface area contributed by atoms with Gasteiger partial charge < -0.3 is 11.1 Å². The molecule has 0 saturated carbocycles. The summed E-state index contributed by atoms with van der Waals surface area (Å²) >= 11 is 0. The molecule has 4 N–H and O–H groups in total. The Morgan fingerprint density at radius 2 is 1.61 bits per heavy atom. The monoisotopic (exact) mass is 355 g/mol. The van der Waals surface area contributed by atoms with Crippen molar-refractivity contribution in [3.63, 3.8) is 0 Å². The number of nitrogens with one attached hydrogen (secondary N) is 2. The highest BCUT2D eigenvalue weighted by atomic mass is 32.3. The molecule has 2 aromatic carbocycles. The van der Waals surface area contributed by atoms with Gasteiger partial charge in [0.05, 0.1) is 10.6 Å². The number of hydrogen-bond acceptors (Lipinski definition) is 6. The fourth-order valence-corrected chi connectivity index (χ4v) is 5.07. The van der Waals surface area contributed by atoms with Crippen LogP contribution < -0.4 is 15.2 Å². The van der Waals surface area contributed by atoms with E-state index in [4.69, 9.17) is 5.73 Å². The van der Waals surface area contributed by atoms with Crippen LogP contribution >= 0.6 is 0 Å². The van der Waals surface area contributed by atoms with Crippen LogP contribution in [0.15, 0.2) is 58.3 Å². The van der Waals surface area contributed by atoms with Gasteiger partial charge >= 0.3 is 0 Å². The maximum Gasteiger partial charge on any atom is 0.255 e. The van der Waals surface area contributed by atoms with Gasteiger partial charge in [-0.25, -0.2) is 16.8 Å². The van der Waals surface area contributed by atoms with Gasteiger partial charge in [-0.05, 0) is 37.3 Å². The second-order valence-corrected chi connectivity index (χ2v) is 8.28. The van der Waals surface area contributed by atoms with Crippen molar-refractivity contribution >= 4 is 31.4 Å². The van der Waals surface area contributed by atoms with Gasteiger partial charge in [-0.1, -0.05) is 18.2 Å². The summed E-state index contributed by atoms with van der Waals surface area (Å²) in [6, 6.07) is 11.5. The lowest BCUT2D eigenvalue weighted by Gasteiger charge is -2.13. The zero-order valence-electron chi connectivity index (χ0n) is 12.4. The second kappa shape index (κ2) is 6.57. The van der Waals surface area contributed by atoms with Crippen LogP contribution in [0.3, 0.4) is 0 Å². The van der Waals surface area contributed by atoms with Gasteiger partial charge in [0.1, 0.15) is 4.90 Å². The van der Waals surface area contributed by atoms with Crippen molar-refractivity contribution in [1.82, 2.24) is 4.13 Å². The molecule has 0 bridgehead atoms.